The number of carbonyl (C=O) groups is 1. The predicted octanol–water partition coefficient (Wildman–Crippen LogP) is 4.32. The molecular formula is C30H33N3O3S. The second-order valence-corrected chi connectivity index (χ2v) is 11.6. The average Bonchev–Trinajstić information content (AvgIpc) is 3.69. The molecule has 37 heavy (non-hydrogen) atoms. The van der Waals surface area contributed by atoms with Gasteiger partial charge >= 0.3 is 0 Å². The molecule has 1 heterocycles. The van der Waals surface area contributed by atoms with Crippen LogP contribution in [0.3, 0.4) is 0 Å². The second kappa shape index (κ2) is 11.4. The zero-order valence-corrected chi connectivity index (χ0v) is 21.6. The van der Waals surface area contributed by atoms with Crippen LogP contribution in [0.2, 0.25) is 0 Å². The van der Waals surface area contributed by atoms with Crippen molar-refractivity contribution in [1.29, 1.82) is 0 Å². The summed E-state index contributed by atoms with van der Waals surface area (Å²) in [6.07, 6.45) is 6.45. The van der Waals surface area contributed by atoms with Crippen LogP contribution in [-0.4, -0.2) is 44.4 Å². The van der Waals surface area contributed by atoms with Gasteiger partial charge in [-0.05, 0) is 67.3 Å². The lowest BCUT2D eigenvalue weighted by Gasteiger charge is -2.32. The van der Waals surface area contributed by atoms with Gasteiger partial charge < -0.3 is 5.32 Å². The summed E-state index contributed by atoms with van der Waals surface area (Å²) in [7, 11) is -3.87. The number of carbonyl (C=O) groups excluding carboxylic acids is 1. The lowest BCUT2D eigenvalue weighted by molar-refractivity contribution is -0.114. The molecule has 1 saturated heterocycles. The van der Waals surface area contributed by atoms with Crippen LogP contribution in [0, 0.1) is 0 Å². The highest BCUT2D eigenvalue weighted by Crippen LogP contribution is 2.41. The van der Waals surface area contributed by atoms with Crippen LogP contribution in [0.25, 0.3) is 6.08 Å². The molecule has 3 aromatic rings. The van der Waals surface area contributed by atoms with Crippen molar-refractivity contribution in [3.63, 3.8) is 0 Å². The zero-order chi connectivity index (χ0) is 25.7. The van der Waals surface area contributed by atoms with Gasteiger partial charge in [0.2, 0.25) is 0 Å². The normalized spacial score (nSPS) is 20.6. The summed E-state index contributed by atoms with van der Waals surface area (Å²) in [6.45, 7) is 3.07. The van der Waals surface area contributed by atoms with E-state index in [0.29, 0.717) is 18.0 Å². The topological polar surface area (TPSA) is 78.5 Å². The van der Waals surface area contributed by atoms with Gasteiger partial charge in [-0.2, -0.15) is 0 Å². The van der Waals surface area contributed by atoms with Gasteiger partial charge in [-0.25, -0.2) is 13.1 Å². The highest BCUT2D eigenvalue weighted by atomic mass is 32.2. The van der Waals surface area contributed by atoms with E-state index in [1.165, 1.54) is 48.6 Å². The molecule has 7 heteroatoms. The third-order valence-corrected chi connectivity index (χ3v) is 8.52. The SMILES string of the molecule is O=C(C=Cc1ccc(CN2CCC(N[C@@H]3C[C@H]3c3ccccc3)CC2)cc1)NS(=O)(=O)c1ccccc1. The van der Waals surface area contributed by atoms with Gasteiger partial charge in [0, 0.05) is 30.6 Å². The molecule has 0 unspecified atom stereocenters. The Labute approximate surface area is 219 Å². The molecule has 1 aliphatic carbocycles. The average molecular weight is 516 g/mol. The molecule has 2 aliphatic rings. The van der Waals surface area contributed by atoms with Crippen molar-refractivity contribution in [3.8, 4) is 0 Å². The molecule has 3 aromatic carbocycles. The maximum atomic E-state index is 12.3. The highest BCUT2D eigenvalue weighted by Gasteiger charge is 2.39. The molecule has 2 N–H and O–H groups in total. The summed E-state index contributed by atoms with van der Waals surface area (Å²) in [5.41, 5.74) is 3.52. The summed E-state index contributed by atoms with van der Waals surface area (Å²) >= 11 is 0. The van der Waals surface area contributed by atoms with Crippen molar-refractivity contribution in [2.24, 2.45) is 0 Å². The number of nitrogens with zero attached hydrogens (tertiary/aromatic N) is 1. The largest absolute Gasteiger partial charge is 0.311 e. The number of piperidine rings is 1. The molecule has 6 nitrogen and oxygen atoms in total. The Hall–Kier alpha value is -3.26. The Kier molecular flexibility index (Phi) is 7.84. The number of benzene rings is 3. The Bertz CT molecular complexity index is 1320. The third-order valence-electron chi connectivity index (χ3n) is 7.16. The first kappa shape index (κ1) is 25.4. The number of likely N-dealkylation sites (tertiary alicyclic amines) is 1. The van der Waals surface area contributed by atoms with Gasteiger partial charge in [0.1, 0.15) is 0 Å². The molecule has 1 amide bonds. The van der Waals surface area contributed by atoms with Crippen LogP contribution in [0.1, 0.15) is 41.9 Å². The summed E-state index contributed by atoms with van der Waals surface area (Å²) in [6, 6.07) is 27.9. The van der Waals surface area contributed by atoms with Gasteiger partial charge in [-0.15, -0.1) is 0 Å². The summed E-state index contributed by atoms with van der Waals surface area (Å²) in [4.78, 5) is 14.7. The van der Waals surface area contributed by atoms with Crippen LogP contribution < -0.4 is 10.0 Å². The Morgan fingerprint density at radius 3 is 2.22 bits per heavy atom. The number of hydrogen-bond acceptors (Lipinski definition) is 5. The van der Waals surface area contributed by atoms with Gasteiger partial charge in [-0.1, -0.05) is 72.8 Å². The lowest BCUT2D eigenvalue weighted by Crippen LogP contribution is -2.43. The number of hydrogen-bond donors (Lipinski definition) is 2. The van der Waals surface area contributed by atoms with E-state index in [1.807, 2.05) is 12.1 Å². The molecule has 1 aliphatic heterocycles. The first-order chi connectivity index (χ1) is 18.0. The van der Waals surface area contributed by atoms with Crippen LogP contribution in [0.4, 0.5) is 0 Å². The molecule has 0 aromatic heterocycles. The number of rotatable bonds is 9. The van der Waals surface area contributed by atoms with Crippen molar-refractivity contribution in [3.05, 3.63) is 108 Å². The minimum absolute atomic E-state index is 0.0600. The van der Waals surface area contributed by atoms with Crippen molar-refractivity contribution in [2.75, 3.05) is 13.1 Å². The first-order valence-corrected chi connectivity index (χ1v) is 14.4. The molecule has 2 atom stereocenters. The van der Waals surface area contributed by atoms with Gasteiger partial charge in [-0.3, -0.25) is 9.69 Å². The van der Waals surface area contributed by atoms with E-state index in [4.69, 9.17) is 0 Å². The summed E-state index contributed by atoms with van der Waals surface area (Å²) in [5.74, 6) is -0.00294. The minimum atomic E-state index is -3.87. The molecule has 0 spiro atoms. The first-order valence-electron chi connectivity index (χ1n) is 12.9. The maximum Gasteiger partial charge on any atom is 0.264 e. The Balaban J connectivity index is 1.05. The van der Waals surface area contributed by atoms with E-state index >= 15 is 0 Å². The van der Waals surface area contributed by atoms with Crippen molar-refractivity contribution >= 4 is 22.0 Å². The fraction of sp³-hybridized carbons (Fsp3) is 0.300. The molecule has 0 radical (unpaired) electrons. The zero-order valence-electron chi connectivity index (χ0n) is 20.8. The van der Waals surface area contributed by atoms with E-state index in [2.05, 4.69) is 57.4 Å². The van der Waals surface area contributed by atoms with E-state index < -0.39 is 15.9 Å². The number of sulfonamides is 1. The van der Waals surface area contributed by atoms with Crippen molar-refractivity contribution < 1.29 is 13.2 Å². The van der Waals surface area contributed by atoms with Gasteiger partial charge in [0.25, 0.3) is 15.9 Å². The van der Waals surface area contributed by atoms with Gasteiger partial charge in [0.15, 0.2) is 0 Å². The Morgan fingerprint density at radius 2 is 1.54 bits per heavy atom. The molecule has 1 saturated carbocycles. The standard InChI is InChI=1S/C30H33N3O3S/c34-30(32-37(35,36)27-9-5-2-6-10-27)16-15-23-11-13-24(14-12-23)22-33-19-17-26(18-20-33)31-29-21-28(29)25-7-3-1-4-8-25/h1-16,26,28-29,31H,17-22H2,(H,32,34)/t28-,29+/m0/s1. The molecule has 5 rings (SSSR count). The van der Waals surface area contributed by atoms with Crippen LogP contribution >= 0.6 is 0 Å². The molecule has 0 bridgehead atoms. The van der Waals surface area contributed by atoms with E-state index in [9.17, 15) is 13.2 Å². The van der Waals surface area contributed by atoms with Gasteiger partial charge in [0.05, 0.1) is 4.90 Å². The van der Waals surface area contributed by atoms with Crippen molar-refractivity contribution in [2.45, 2.75) is 48.7 Å². The fourth-order valence-electron chi connectivity index (χ4n) is 5.00. The van der Waals surface area contributed by atoms with Crippen LogP contribution in [0.5, 0.6) is 0 Å². The minimum Gasteiger partial charge on any atom is -0.311 e. The summed E-state index contributed by atoms with van der Waals surface area (Å²) in [5, 5.41) is 3.88. The second-order valence-electron chi connectivity index (χ2n) is 9.93. The number of nitrogens with one attached hydrogen (secondary N) is 2. The summed E-state index contributed by atoms with van der Waals surface area (Å²) < 4.78 is 26.6. The van der Waals surface area contributed by atoms with Crippen molar-refractivity contribution in [1.82, 2.24) is 14.9 Å². The van der Waals surface area contributed by atoms with Crippen LogP contribution in [-0.2, 0) is 21.4 Å². The van der Waals surface area contributed by atoms with E-state index in [-0.39, 0.29) is 4.90 Å². The highest BCUT2D eigenvalue weighted by molar-refractivity contribution is 7.90. The molecule has 2 fully saturated rings. The quantitative estimate of drug-likeness (QED) is 0.415. The maximum absolute atomic E-state index is 12.3. The van der Waals surface area contributed by atoms with Crippen LogP contribution in [0.15, 0.2) is 95.9 Å². The lowest BCUT2D eigenvalue weighted by atomic mass is 10.0. The number of amides is 1. The predicted molar refractivity (Wildman–Crippen MR) is 146 cm³/mol. The molecule has 192 valence electrons. The fourth-order valence-corrected chi connectivity index (χ4v) is 5.96. The smallest absolute Gasteiger partial charge is 0.264 e. The molecular weight excluding hydrogens is 482 g/mol. The Morgan fingerprint density at radius 1 is 0.892 bits per heavy atom. The monoisotopic (exact) mass is 515 g/mol. The van der Waals surface area contributed by atoms with E-state index in [1.54, 1.807) is 24.3 Å². The van der Waals surface area contributed by atoms with E-state index in [0.717, 1.165) is 25.2 Å². The third kappa shape index (κ3) is 6.95.